The Morgan fingerprint density at radius 1 is 1.03 bits per heavy atom. The van der Waals surface area contributed by atoms with Crippen LogP contribution < -0.4 is 15.5 Å². The van der Waals surface area contributed by atoms with E-state index in [0.29, 0.717) is 24.0 Å². The Morgan fingerprint density at radius 2 is 1.72 bits per heavy atom. The van der Waals surface area contributed by atoms with E-state index in [0.717, 1.165) is 40.3 Å². The van der Waals surface area contributed by atoms with Crippen LogP contribution in [0.2, 0.25) is 0 Å². The number of aromatic nitrogens is 1. The minimum absolute atomic E-state index is 0.0308. The summed E-state index contributed by atoms with van der Waals surface area (Å²) in [4.78, 5) is 35.2. The number of anilines is 1. The maximum atomic E-state index is 12.7. The van der Waals surface area contributed by atoms with E-state index in [-0.39, 0.29) is 18.0 Å². The molecule has 29 heavy (non-hydrogen) atoms. The van der Waals surface area contributed by atoms with Crippen LogP contribution in [0, 0.1) is 0 Å². The van der Waals surface area contributed by atoms with Gasteiger partial charge in [0.25, 0.3) is 5.91 Å². The Morgan fingerprint density at radius 3 is 2.38 bits per heavy atom. The van der Waals surface area contributed by atoms with Crippen molar-refractivity contribution in [2.75, 3.05) is 32.1 Å². The Bertz CT molecular complexity index is 832. The lowest BCUT2D eigenvalue weighted by Gasteiger charge is -2.34. The number of carbonyl (C=O) groups is 2. The van der Waals surface area contributed by atoms with E-state index in [1.165, 1.54) is 30.6 Å². The maximum absolute atomic E-state index is 12.7. The molecule has 2 aromatic rings. The molecule has 1 aliphatic heterocycles. The number of thiophene rings is 1. The quantitative estimate of drug-likeness (QED) is 0.768. The van der Waals surface area contributed by atoms with Crippen molar-refractivity contribution in [3.05, 3.63) is 10.9 Å². The number of nitrogens with one attached hydrogen (secondary N) is 2. The molecule has 3 heterocycles. The zero-order chi connectivity index (χ0) is 20.4. The summed E-state index contributed by atoms with van der Waals surface area (Å²) >= 11 is 3.04. The third-order valence-corrected chi connectivity index (χ3v) is 8.06. The average Bonchev–Trinajstić information content (AvgIpc) is 3.29. The third kappa shape index (κ3) is 4.83. The van der Waals surface area contributed by atoms with Gasteiger partial charge in [-0.25, -0.2) is 9.78 Å². The second-order valence-corrected chi connectivity index (χ2v) is 10.2. The van der Waals surface area contributed by atoms with Gasteiger partial charge in [0.2, 0.25) is 0 Å². The first-order valence-corrected chi connectivity index (χ1v) is 12.1. The van der Waals surface area contributed by atoms with Gasteiger partial charge in [0.15, 0.2) is 5.13 Å². The zero-order valence-electron chi connectivity index (χ0n) is 17.1. The van der Waals surface area contributed by atoms with E-state index < -0.39 is 0 Å². The number of carbonyl (C=O) groups excluding carboxylic acids is 2. The molecule has 0 unspecified atom stereocenters. The summed E-state index contributed by atoms with van der Waals surface area (Å²) in [6.07, 6.45) is 7.51. The number of nitrogens with zero attached hydrogens (tertiary/aromatic N) is 3. The van der Waals surface area contributed by atoms with Gasteiger partial charge in [0, 0.05) is 39.3 Å². The number of amides is 3. The predicted octanol–water partition coefficient (Wildman–Crippen LogP) is 3.66. The van der Waals surface area contributed by atoms with Gasteiger partial charge >= 0.3 is 6.03 Å². The topological polar surface area (TPSA) is 77.6 Å². The van der Waals surface area contributed by atoms with Gasteiger partial charge in [-0.15, -0.1) is 11.3 Å². The largest absolute Gasteiger partial charge is 0.354 e. The Kier molecular flexibility index (Phi) is 6.24. The first-order valence-electron chi connectivity index (χ1n) is 10.4. The SMILES string of the molecule is CN(C)c1nc2sc(C(=O)NC3CCN(C(=O)NC4CCCCC4)CC3)cc2s1. The Balaban J connectivity index is 1.26. The highest BCUT2D eigenvalue weighted by molar-refractivity contribution is 7.29. The first kappa shape index (κ1) is 20.4. The number of thiazole rings is 1. The van der Waals surface area contributed by atoms with Crippen molar-refractivity contribution in [3.8, 4) is 0 Å². The number of likely N-dealkylation sites (tertiary alicyclic amines) is 1. The lowest BCUT2D eigenvalue weighted by atomic mass is 9.95. The van der Waals surface area contributed by atoms with Gasteiger partial charge < -0.3 is 20.4 Å². The number of rotatable bonds is 4. The van der Waals surface area contributed by atoms with Gasteiger partial charge in [-0.1, -0.05) is 30.6 Å². The summed E-state index contributed by atoms with van der Waals surface area (Å²) in [5, 5.41) is 7.29. The van der Waals surface area contributed by atoms with Crippen LogP contribution in [0.5, 0.6) is 0 Å². The molecule has 4 rings (SSSR count). The summed E-state index contributed by atoms with van der Waals surface area (Å²) in [7, 11) is 3.94. The van der Waals surface area contributed by atoms with Crippen LogP contribution in [0.25, 0.3) is 9.53 Å². The molecule has 3 amide bonds. The van der Waals surface area contributed by atoms with Crippen molar-refractivity contribution < 1.29 is 9.59 Å². The fourth-order valence-electron chi connectivity index (χ4n) is 4.02. The predicted molar refractivity (Wildman–Crippen MR) is 119 cm³/mol. The molecule has 2 N–H and O–H groups in total. The monoisotopic (exact) mass is 435 g/mol. The molecule has 1 saturated heterocycles. The second-order valence-electron chi connectivity index (χ2n) is 8.19. The standard InChI is InChI=1S/C20H29N5O2S2/c1-24(2)20-23-18-16(29-20)12-15(28-18)17(26)21-14-8-10-25(11-9-14)19(27)22-13-6-4-3-5-7-13/h12-14H,3-11H2,1-2H3,(H,21,26)(H,22,27). The second kappa shape index (κ2) is 8.87. The van der Waals surface area contributed by atoms with E-state index >= 15 is 0 Å². The number of urea groups is 1. The minimum atomic E-state index is -0.0308. The van der Waals surface area contributed by atoms with Crippen molar-refractivity contribution in [2.24, 2.45) is 0 Å². The van der Waals surface area contributed by atoms with Crippen molar-refractivity contribution >= 4 is 49.3 Å². The molecular weight excluding hydrogens is 406 g/mol. The van der Waals surface area contributed by atoms with Crippen LogP contribution in [0.1, 0.15) is 54.6 Å². The molecular formula is C20H29N5O2S2. The van der Waals surface area contributed by atoms with Gasteiger partial charge in [-0.3, -0.25) is 4.79 Å². The van der Waals surface area contributed by atoms with Gasteiger partial charge in [-0.2, -0.15) is 0 Å². The van der Waals surface area contributed by atoms with Crippen LogP contribution in [0.4, 0.5) is 9.93 Å². The fraction of sp³-hybridized carbons (Fsp3) is 0.650. The maximum Gasteiger partial charge on any atom is 0.317 e. The van der Waals surface area contributed by atoms with Crippen LogP contribution in [-0.2, 0) is 0 Å². The van der Waals surface area contributed by atoms with Crippen molar-refractivity contribution in [1.29, 1.82) is 0 Å². The van der Waals surface area contributed by atoms with E-state index in [4.69, 9.17) is 0 Å². The zero-order valence-corrected chi connectivity index (χ0v) is 18.7. The molecule has 9 heteroatoms. The van der Waals surface area contributed by atoms with Crippen LogP contribution in [0.3, 0.4) is 0 Å². The molecule has 2 aliphatic rings. The number of hydrogen-bond donors (Lipinski definition) is 2. The van der Waals surface area contributed by atoms with E-state index in [2.05, 4.69) is 15.6 Å². The summed E-state index contributed by atoms with van der Waals surface area (Å²) in [5.74, 6) is -0.0308. The van der Waals surface area contributed by atoms with Crippen molar-refractivity contribution in [3.63, 3.8) is 0 Å². The third-order valence-electron chi connectivity index (χ3n) is 5.73. The molecule has 2 fully saturated rings. The van der Waals surface area contributed by atoms with Gasteiger partial charge in [0.1, 0.15) is 4.83 Å². The summed E-state index contributed by atoms with van der Waals surface area (Å²) in [6, 6.07) is 2.45. The molecule has 7 nitrogen and oxygen atoms in total. The fourth-order valence-corrected chi connectivity index (χ4v) is 6.06. The molecule has 0 bridgehead atoms. The van der Waals surface area contributed by atoms with Gasteiger partial charge in [-0.05, 0) is 31.7 Å². The average molecular weight is 436 g/mol. The molecule has 0 aromatic carbocycles. The smallest absolute Gasteiger partial charge is 0.317 e. The lowest BCUT2D eigenvalue weighted by Crippen LogP contribution is -2.51. The molecule has 1 aliphatic carbocycles. The number of hydrogen-bond acceptors (Lipinski definition) is 6. The van der Waals surface area contributed by atoms with E-state index in [1.54, 1.807) is 11.3 Å². The Labute approximate surface area is 179 Å². The highest BCUT2D eigenvalue weighted by Gasteiger charge is 2.26. The van der Waals surface area contributed by atoms with Crippen molar-refractivity contribution in [1.82, 2.24) is 20.5 Å². The minimum Gasteiger partial charge on any atom is -0.354 e. The first-order chi connectivity index (χ1) is 14.0. The van der Waals surface area contributed by atoms with Crippen LogP contribution >= 0.6 is 22.7 Å². The molecule has 0 radical (unpaired) electrons. The molecule has 0 spiro atoms. The molecule has 158 valence electrons. The molecule has 2 aromatic heterocycles. The highest BCUT2D eigenvalue weighted by atomic mass is 32.1. The van der Waals surface area contributed by atoms with Crippen LogP contribution in [-0.4, -0.2) is 61.1 Å². The normalized spacial score (nSPS) is 18.8. The van der Waals surface area contributed by atoms with Crippen LogP contribution in [0.15, 0.2) is 6.07 Å². The van der Waals surface area contributed by atoms with Crippen molar-refractivity contribution in [2.45, 2.75) is 57.0 Å². The summed E-state index contributed by atoms with van der Waals surface area (Å²) in [6.45, 7) is 1.38. The number of piperidine rings is 1. The summed E-state index contributed by atoms with van der Waals surface area (Å²) < 4.78 is 1.05. The van der Waals surface area contributed by atoms with Gasteiger partial charge in [0.05, 0.1) is 9.58 Å². The van der Waals surface area contributed by atoms with E-state index in [9.17, 15) is 9.59 Å². The molecule has 1 saturated carbocycles. The molecule has 0 atom stereocenters. The number of fused-ring (bicyclic) bond motifs is 1. The van der Waals surface area contributed by atoms with E-state index in [1.807, 2.05) is 30.0 Å². The highest BCUT2D eigenvalue weighted by Crippen LogP contribution is 2.34. The summed E-state index contributed by atoms with van der Waals surface area (Å²) in [5.41, 5.74) is 0. The lowest BCUT2D eigenvalue weighted by molar-refractivity contribution is 0.0921. The Hall–Kier alpha value is -1.87.